The van der Waals surface area contributed by atoms with Crippen molar-refractivity contribution in [3.63, 3.8) is 0 Å². The van der Waals surface area contributed by atoms with Crippen molar-refractivity contribution < 1.29 is 27.4 Å². The highest BCUT2D eigenvalue weighted by Gasteiger charge is 2.35. The van der Waals surface area contributed by atoms with Gasteiger partial charge in [0.15, 0.2) is 17.6 Å². The third kappa shape index (κ3) is 5.77. The standard InChI is InChI=1S/C22H27ClN2O6S/c1-4-30-19-9-7-15(12-20(19)29-2)6-5-11-24-22(26)21-14-25(32(3,27)28)17-13-16(23)8-10-18(17)31-21/h7-10,12-13,21H,4-6,11,14H2,1-3H3,(H,24,26)/t21-/m1/s1. The van der Waals surface area contributed by atoms with Gasteiger partial charge in [-0.1, -0.05) is 17.7 Å². The van der Waals surface area contributed by atoms with Crippen molar-refractivity contribution in [1.82, 2.24) is 5.32 Å². The molecule has 2 aromatic carbocycles. The second-order valence-corrected chi connectivity index (χ2v) is 9.67. The Morgan fingerprint density at radius 1 is 1.25 bits per heavy atom. The van der Waals surface area contributed by atoms with Gasteiger partial charge in [-0.2, -0.15) is 0 Å². The van der Waals surface area contributed by atoms with Crippen LogP contribution in [-0.2, 0) is 21.2 Å². The molecule has 0 saturated carbocycles. The van der Waals surface area contributed by atoms with Gasteiger partial charge in [-0.3, -0.25) is 9.10 Å². The van der Waals surface area contributed by atoms with Crippen molar-refractivity contribution in [3.8, 4) is 17.2 Å². The number of hydrogen-bond donors (Lipinski definition) is 1. The molecule has 32 heavy (non-hydrogen) atoms. The van der Waals surface area contributed by atoms with E-state index in [9.17, 15) is 13.2 Å². The number of rotatable bonds is 9. The molecule has 1 N–H and O–H groups in total. The number of carbonyl (C=O) groups is 1. The summed E-state index contributed by atoms with van der Waals surface area (Å²) in [4.78, 5) is 12.7. The fraction of sp³-hybridized carbons (Fsp3) is 0.409. The lowest BCUT2D eigenvalue weighted by molar-refractivity contribution is -0.127. The van der Waals surface area contributed by atoms with Crippen LogP contribution in [0.3, 0.4) is 0 Å². The number of aryl methyl sites for hydroxylation is 1. The van der Waals surface area contributed by atoms with Gasteiger partial charge in [-0.25, -0.2) is 8.42 Å². The van der Waals surface area contributed by atoms with Gasteiger partial charge in [0.1, 0.15) is 5.75 Å². The molecule has 0 fully saturated rings. The van der Waals surface area contributed by atoms with Gasteiger partial charge >= 0.3 is 0 Å². The number of amides is 1. The summed E-state index contributed by atoms with van der Waals surface area (Å²) in [6, 6.07) is 10.4. The van der Waals surface area contributed by atoms with Gasteiger partial charge in [-0.05, 0) is 55.7 Å². The predicted octanol–water partition coefficient (Wildman–Crippen LogP) is 3.02. The molecule has 1 atom stereocenters. The van der Waals surface area contributed by atoms with Crippen LogP contribution in [-0.4, -0.2) is 53.5 Å². The SMILES string of the molecule is CCOc1ccc(CCCNC(=O)[C@H]2CN(S(C)(=O)=O)c3cc(Cl)ccc3O2)cc1OC. The number of carbonyl (C=O) groups excluding carboxylic acids is 1. The first-order chi connectivity index (χ1) is 15.2. The maximum Gasteiger partial charge on any atom is 0.263 e. The van der Waals surface area contributed by atoms with Crippen LogP contribution < -0.4 is 23.8 Å². The first-order valence-electron chi connectivity index (χ1n) is 10.2. The first-order valence-corrected chi connectivity index (χ1v) is 12.5. The second-order valence-electron chi connectivity index (χ2n) is 7.33. The fourth-order valence-electron chi connectivity index (χ4n) is 3.44. The zero-order chi connectivity index (χ0) is 23.3. The number of fused-ring (bicyclic) bond motifs is 1. The predicted molar refractivity (Wildman–Crippen MR) is 124 cm³/mol. The largest absolute Gasteiger partial charge is 0.493 e. The van der Waals surface area contributed by atoms with E-state index in [1.165, 1.54) is 6.07 Å². The number of ether oxygens (including phenoxy) is 3. The van der Waals surface area contributed by atoms with Crippen molar-refractivity contribution in [3.05, 3.63) is 47.0 Å². The molecule has 0 radical (unpaired) electrons. The number of hydrogen-bond acceptors (Lipinski definition) is 6. The van der Waals surface area contributed by atoms with Gasteiger partial charge in [0.05, 0.1) is 32.2 Å². The van der Waals surface area contributed by atoms with Gasteiger partial charge < -0.3 is 19.5 Å². The normalized spacial score (nSPS) is 15.5. The lowest BCUT2D eigenvalue weighted by Gasteiger charge is -2.34. The van der Waals surface area contributed by atoms with Crippen molar-refractivity contribution in [2.75, 3.05) is 37.4 Å². The quantitative estimate of drug-likeness (QED) is 0.552. The van der Waals surface area contributed by atoms with E-state index >= 15 is 0 Å². The van der Waals surface area contributed by atoms with E-state index in [1.807, 2.05) is 25.1 Å². The summed E-state index contributed by atoms with van der Waals surface area (Å²) >= 11 is 6.00. The lowest BCUT2D eigenvalue weighted by atomic mass is 10.1. The summed E-state index contributed by atoms with van der Waals surface area (Å²) in [5.74, 6) is 1.29. The fourth-order valence-corrected chi connectivity index (χ4v) is 4.51. The Morgan fingerprint density at radius 2 is 2.03 bits per heavy atom. The van der Waals surface area contributed by atoms with E-state index in [0.29, 0.717) is 47.5 Å². The summed E-state index contributed by atoms with van der Waals surface area (Å²) in [6.07, 6.45) is 1.55. The Bertz CT molecular complexity index is 1080. The number of methoxy groups -OCH3 is 1. The third-order valence-corrected chi connectivity index (χ3v) is 6.33. The molecular formula is C22H27ClN2O6S. The molecule has 3 rings (SSSR count). The maximum absolute atomic E-state index is 12.7. The minimum atomic E-state index is -3.61. The Labute approximate surface area is 193 Å². The van der Waals surface area contributed by atoms with Gasteiger partial charge in [-0.15, -0.1) is 0 Å². The van der Waals surface area contributed by atoms with E-state index in [-0.39, 0.29) is 12.5 Å². The van der Waals surface area contributed by atoms with Crippen LogP contribution in [0.4, 0.5) is 5.69 Å². The average Bonchev–Trinajstić information content (AvgIpc) is 2.76. The Kier molecular flexibility index (Phi) is 7.73. The molecule has 2 aromatic rings. The Hall–Kier alpha value is -2.65. The molecule has 0 bridgehead atoms. The van der Waals surface area contributed by atoms with Crippen LogP contribution >= 0.6 is 11.6 Å². The van der Waals surface area contributed by atoms with Crippen molar-refractivity contribution in [2.24, 2.45) is 0 Å². The number of halogens is 1. The van der Waals surface area contributed by atoms with Crippen molar-refractivity contribution >= 4 is 33.2 Å². The van der Waals surface area contributed by atoms with E-state index in [2.05, 4.69) is 5.32 Å². The van der Waals surface area contributed by atoms with E-state index < -0.39 is 16.1 Å². The molecule has 0 aromatic heterocycles. The molecule has 1 aliphatic rings. The summed E-state index contributed by atoms with van der Waals surface area (Å²) in [5.41, 5.74) is 1.39. The average molecular weight is 483 g/mol. The molecule has 0 aliphatic carbocycles. The van der Waals surface area contributed by atoms with E-state index in [4.69, 9.17) is 25.8 Å². The number of benzene rings is 2. The number of nitrogens with zero attached hydrogens (tertiary/aromatic N) is 1. The highest BCUT2D eigenvalue weighted by Crippen LogP contribution is 2.37. The second kappa shape index (κ2) is 10.3. The minimum absolute atomic E-state index is 0.117. The molecule has 1 aliphatic heterocycles. The van der Waals surface area contributed by atoms with Gasteiger partial charge in [0, 0.05) is 11.6 Å². The molecular weight excluding hydrogens is 456 g/mol. The van der Waals surface area contributed by atoms with Crippen LogP contribution in [0, 0.1) is 0 Å². The van der Waals surface area contributed by atoms with Crippen molar-refractivity contribution in [2.45, 2.75) is 25.9 Å². The van der Waals surface area contributed by atoms with Crippen LogP contribution in [0.15, 0.2) is 36.4 Å². The van der Waals surface area contributed by atoms with Crippen LogP contribution in [0.1, 0.15) is 18.9 Å². The van der Waals surface area contributed by atoms with Crippen LogP contribution in [0.5, 0.6) is 17.2 Å². The number of nitrogens with one attached hydrogen (secondary N) is 1. The molecule has 0 saturated heterocycles. The smallest absolute Gasteiger partial charge is 0.263 e. The molecule has 0 spiro atoms. The highest BCUT2D eigenvalue weighted by atomic mass is 35.5. The Balaban J connectivity index is 1.58. The van der Waals surface area contributed by atoms with E-state index in [1.54, 1.807) is 19.2 Å². The first kappa shape index (κ1) is 24.0. The molecule has 174 valence electrons. The summed E-state index contributed by atoms with van der Waals surface area (Å²) in [7, 11) is -2.01. The minimum Gasteiger partial charge on any atom is -0.493 e. The third-order valence-electron chi connectivity index (χ3n) is 4.95. The van der Waals surface area contributed by atoms with E-state index in [0.717, 1.165) is 22.5 Å². The summed E-state index contributed by atoms with van der Waals surface area (Å²) in [5, 5.41) is 3.21. The van der Waals surface area contributed by atoms with Gasteiger partial charge in [0.2, 0.25) is 10.0 Å². The van der Waals surface area contributed by atoms with Crippen molar-refractivity contribution in [1.29, 1.82) is 0 Å². The highest BCUT2D eigenvalue weighted by molar-refractivity contribution is 7.92. The number of sulfonamides is 1. The molecule has 8 nitrogen and oxygen atoms in total. The zero-order valence-corrected chi connectivity index (χ0v) is 19.8. The van der Waals surface area contributed by atoms with Crippen LogP contribution in [0.2, 0.25) is 5.02 Å². The Morgan fingerprint density at radius 3 is 2.72 bits per heavy atom. The summed E-state index contributed by atoms with van der Waals surface area (Å²) in [6.45, 7) is 2.77. The molecule has 1 heterocycles. The zero-order valence-electron chi connectivity index (χ0n) is 18.3. The lowest BCUT2D eigenvalue weighted by Crippen LogP contribution is -2.50. The van der Waals surface area contributed by atoms with Gasteiger partial charge in [0.25, 0.3) is 5.91 Å². The number of anilines is 1. The molecule has 0 unspecified atom stereocenters. The maximum atomic E-state index is 12.7. The topological polar surface area (TPSA) is 94.2 Å². The van der Waals surface area contributed by atoms with Crippen LogP contribution in [0.25, 0.3) is 0 Å². The monoisotopic (exact) mass is 482 g/mol. The molecule has 1 amide bonds. The molecule has 10 heteroatoms. The summed E-state index contributed by atoms with van der Waals surface area (Å²) < 4.78 is 42.3.